The van der Waals surface area contributed by atoms with Crippen molar-refractivity contribution in [1.82, 2.24) is 15.0 Å². The zero-order valence-electron chi connectivity index (χ0n) is 5.71. The Hall–Kier alpha value is -1.16. The van der Waals surface area contributed by atoms with E-state index in [1.807, 2.05) is 24.1 Å². The van der Waals surface area contributed by atoms with Crippen LogP contribution in [0, 0.1) is 6.54 Å². The highest BCUT2D eigenvalue weighted by molar-refractivity contribution is 7.10. The van der Waals surface area contributed by atoms with Gasteiger partial charge in [0.1, 0.15) is 6.54 Å². The van der Waals surface area contributed by atoms with E-state index in [1.165, 1.54) is 4.88 Å². The molecule has 0 amide bonds. The van der Waals surface area contributed by atoms with Gasteiger partial charge in [0.15, 0.2) is 0 Å². The second kappa shape index (κ2) is 2.84. The van der Waals surface area contributed by atoms with Crippen molar-refractivity contribution < 1.29 is 0 Å². The minimum atomic E-state index is 1.18. The first-order valence-corrected chi connectivity index (χ1v) is 4.07. The molecule has 0 aliphatic carbocycles. The Bertz CT molecular complexity index is 266. The van der Waals surface area contributed by atoms with Gasteiger partial charge in [-0.3, -0.25) is 0 Å². The van der Waals surface area contributed by atoms with Gasteiger partial charge in [0.2, 0.25) is 0 Å². The number of thiophene rings is 1. The molecule has 55 valence electrons. The molecule has 0 aliphatic rings. The van der Waals surface area contributed by atoms with Crippen LogP contribution in [0.3, 0.4) is 0 Å². The summed E-state index contributed by atoms with van der Waals surface area (Å²) in [7, 11) is 0. The molecular formula is C7H6N3S. The highest BCUT2D eigenvalue weighted by Gasteiger charge is 1.95. The SMILES string of the molecule is [CH](c1cccs1)n1ccnn1. The Labute approximate surface area is 68.3 Å². The monoisotopic (exact) mass is 164 g/mol. The number of rotatable bonds is 2. The molecule has 2 aromatic heterocycles. The van der Waals surface area contributed by atoms with Crippen molar-refractivity contribution in [3.05, 3.63) is 41.3 Å². The molecule has 3 nitrogen and oxygen atoms in total. The van der Waals surface area contributed by atoms with Gasteiger partial charge in [-0.25, -0.2) is 4.68 Å². The largest absolute Gasteiger partial charge is 0.242 e. The molecule has 1 radical (unpaired) electrons. The zero-order chi connectivity index (χ0) is 7.52. The second-order valence-electron chi connectivity index (χ2n) is 2.03. The smallest absolute Gasteiger partial charge is 0.115 e. The second-order valence-corrected chi connectivity index (χ2v) is 3.01. The van der Waals surface area contributed by atoms with Crippen molar-refractivity contribution >= 4 is 11.3 Å². The van der Waals surface area contributed by atoms with Crippen LogP contribution in [-0.2, 0) is 0 Å². The van der Waals surface area contributed by atoms with E-state index in [2.05, 4.69) is 10.3 Å². The van der Waals surface area contributed by atoms with Crippen LogP contribution in [-0.4, -0.2) is 15.0 Å². The van der Waals surface area contributed by atoms with Crippen molar-refractivity contribution in [2.45, 2.75) is 0 Å². The maximum atomic E-state index is 3.81. The Morgan fingerprint density at radius 2 is 2.55 bits per heavy atom. The highest BCUT2D eigenvalue weighted by Crippen LogP contribution is 2.10. The average Bonchev–Trinajstić information content (AvgIpc) is 2.60. The van der Waals surface area contributed by atoms with Crippen molar-refractivity contribution in [2.24, 2.45) is 0 Å². The van der Waals surface area contributed by atoms with Gasteiger partial charge in [-0.05, 0) is 11.4 Å². The van der Waals surface area contributed by atoms with Gasteiger partial charge >= 0.3 is 0 Å². The predicted octanol–water partition coefficient (Wildman–Crippen LogP) is 1.40. The van der Waals surface area contributed by atoms with Crippen LogP contribution >= 0.6 is 11.3 Å². The fourth-order valence-corrected chi connectivity index (χ4v) is 1.42. The molecule has 0 atom stereocenters. The third-order valence-electron chi connectivity index (χ3n) is 1.24. The van der Waals surface area contributed by atoms with Gasteiger partial charge in [-0.2, -0.15) is 0 Å². The lowest BCUT2D eigenvalue weighted by Gasteiger charge is -1.92. The first kappa shape index (κ1) is 6.54. The number of nitrogens with zero attached hydrogens (tertiary/aromatic N) is 3. The van der Waals surface area contributed by atoms with E-state index in [0.29, 0.717) is 0 Å². The molecule has 0 saturated carbocycles. The third kappa shape index (κ3) is 1.46. The lowest BCUT2D eigenvalue weighted by atomic mass is 10.5. The fourth-order valence-electron chi connectivity index (χ4n) is 0.781. The van der Waals surface area contributed by atoms with Crippen LogP contribution in [0.25, 0.3) is 0 Å². The maximum Gasteiger partial charge on any atom is 0.115 e. The molecule has 0 saturated heterocycles. The molecule has 0 bridgehead atoms. The van der Waals surface area contributed by atoms with Crippen molar-refractivity contribution in [1.29, 1.82) is 0 Å². The summed E-state index contributed by atoms with van der Waals surface area (Å²) in [4.78, 5) is 1.18. The lowest BCUT2D eigenvalue weighted by molar-refractivity contribution is 0.764. The van der Waals surface area contributed by atoms with Crippen LogP contribution in [0.5, 0.6) is 0 Å². The Morgan fingerprint density at radius 3 is 3.18 bits per heavy atom. The summed E-state index contributed by atoms with van der Waals surface area (Å²) in [6.45, 7) is 1.93. The third-order valence-corrected chi connectivity index (χ3v) is 2.05. The average molecular weight is 164 g/mol. The Kier molecular flexibility index (Phi) is 1.69. The Balaban J connectivity index is 2.14. The summed E-state index contributed by atoms with van der Waals surface area (Å²) in [6, 6.07) is 4.04. The van der Waals surface area contributed by atoms with E-state index >= 15 is 0 Å². The molecule has 2 rings (SSSR count). The van der Waals surface area contributed by atoms with E-state index in [9.17, 15) is 0 Å². The standard InChI is InChI=1S/C7H6N3S/c1-2-7(11-5-1)6-10-4-3-8-9-10/h1-6H. The number of aromatic nitrogens is 3. The maximum absolute atomic E-state index is 3.81. The Morgan fingerprint density at radius 1 is 1.55 bits per heavy atom. The molecule has 0 aliphatic heterocycles. The van der Waals surface area contributed by atoms with Gasteiger partial charge in [0, 0.05) is 11.1 Å². The highest BCUT2D eigenvalue weighted by atomic mass is 32.1. The van der Waals surface area contributed by atoms with Crippen LogP contribution in [0.1, 0.15) is 4.88 Å². The summed E-state index contributed by atoms with van der Waals surface area (Å²) in [6.07, 6.45) is 3.46. The van der Waals surface area contributed by atoms with E-state index < -0.39 is 0 Å². The summed E-state index contributed by atoms with van der Waals surface area (Å²) >= 11 is 1.68. The number of hydrogen-bond acceptors (Lipinski definition) is 3. The summed E-state index contributed by atoms with van der Waals surface area (Å²) in [5, 5.41) is 9.53. The van der Waals surface area contributed by atoms with Gasteiger partial charge in [-0.15, -0.1) is 16.4 Å². The van der Waals surface area contributed by atoms with Gasteiger partial charge < -0.3 is 0 Å². The molecule has 0 N–H and O–H groups in total. The van der Waals surface area contributed by atoms with Gasteiger partial charge in [0.25, 0.3) is 0 Å². The van der Waals surface area contributed by atoms with Gasteiger partial charge in [-0.1, -0.05) is 11.3 Å². The molecule has 0 aromatic carbocycles. The molecular weight excluding hydrogens is 158 g/mol. The minimum Gasteiger partial charge on any atom is -0.242 e. The molecule has 4 heteroatoms. The summed E-state index contributed by atoms with van der Waals surface area (Å²) in [5.41, 5.74) is 0. The van der Waals surface area contributed by atoms with E-state index in [4.69, 9.17) is 0 Å². The summed E-state index contributed by atoms with van der Waals surface area (Å²) < 4.78 is 1.69. The fraction of sp³-hybridized carbons (Fsp3) is 0. The molecule has 0 fully saturated rings. The summed E-state index contributed by atoms with van der Waals surface area (Å²) in [5.74, 6) is 0. The van der Waals surface area contributed by atoms with Crippen molar-refractivity contribution in [3.63, 3.8) is 0 Å². The lowest BCUT2D eigenvalue weighted by Crippen LogP contribution is -1.94. The number of hydrogen-bond donors (Lipinski definition) is 0. The minimum absolute atomic E-state index is 1.18. The van der Waals surface area contributed by atoms with Crippen molar-refractivity contribution in [3.8, 4) is 0 Å². The first-order valence-electron chi connectivity index (χ1n) is 3.19. The molecule has 2 heterocycles. The van der Waals surface area contributed by atoms with Gasteiger partial charge in [0.05, 0.1) is 6.20 Å². The van der Waals surface area contributed by atoms with Crippen molar-refractivity contribution in [2.75, 3.05) is 0 Å². The normalized spacial score (nSPS) is 10.2. The molecule has 0 spiro atoms. The van der Waals surface area contributed by atoms with E-state index in [0.717, 1.165) is 0 Å². The van der Waals surface area contributed by atoms with E-state index in [-0.39, 0.29) is 0 Å². The van der Waals surface area contributed by atoms with Crippen LogP contribution in [0.2, 0.25) is 0 Å². The topological polar surface area (TPSA) is 30.7 Å². The predicted molar refractivity (Wildman–Crippen MR) is 43.1 cm³/mol. The zero-order valence-corrected chi connectivity index (χ0v) is 6.53. The first-order chi connectivity index (χ1) is 5.45. The van der Waals surface area contributed by atoms with E-state index in [1.54, 1.807) is 28.4 Å². The molecule has 0 unspecified atom stereocenters. The van der Waals surface area contributed by atoms with Crippen LogP contribution in [0.4, 0.5) is 0 Å². The molecule has 2 aromatic rings. The van der Waals surface area contributed by atoms with Crippen LogP contribution < -0.4 is 0 Å². The van der Waals surface area contributed by atoms with Crippen LogP contribution in [0.15, 0.2) is 29.9 Å². The quantitative estimate of drug-likeness (QED) is 0.671. The molecule has 11 heavy (non-hydrogen) atoms.